The number of hydrogen-bond donors (Lipinski definition) is 2. The van der Waals surface area contributed by atoms with Crippen molar-refractivity contribution in [2.45, 2.75) is 33.2 Å². The van der Waals surface area contributed by atoms with E-state index in [1.807, 2.05) is 51.4 Å². The zero-order chi connectivity index (χ0) is 20.3. The first-order valence-corrected chi connectivity index (χ1v) is 9.37. The van der Waals surface area contributed by atoms with Crippen molar-refractivity contribution in [2.24, 2.45) is 20.0 Å². The fourth-order valence-electron chi connectivity index (χ4n) is 3.30. The van der Waals surface area contributed by atoms with Crippen molar-refractivity contribution in [3.05, 3.63) is 48.0 Å². The van der Waals surface area contributed by atoms with Crippen LogP contribution in [0.5, 0.6) is 0 Å². The number of hydrogen-bond acceptors (Lipinski definition) is 4. The number of nitrogens with one attached hydrogen (secondary N) is 2. The highest BCUT2D eigenvalue weighted by molar-refractivity contribution is 5.90. The molecule has 28 heavy (non-hydrogen) atoms. The Labute approximate surface area is 165 Å². The minimum atomic E-state index is -0.292. The van der Waals surface area contributed by atoms with Gasteiger partial charge in [-0.1, -0.05) is 44.2 Å². The third-order valence-electron chi connectivity index (χ3n) is 4.63. The monoisotopic (exact) mass is 381 g/mol. The van der Waals surface area contributed by atoms with Gasteiger partial charge in [-0.15, -0.1) is 0 Å². The van der Waals surface area contributed by atoms with E-state index in [0.29, 0.717) is 11.7 Å². The van der Waals surface area contributed by atoms with Gasteiger partial charge in [0, 0.05) is 25.2 Å². The molecule has 0 spiro atoms. The van der Waals surface area contributed by atoms with Crippen LogP contribution in [0.4, 0.5) is 10.6 Å². The molecule has 0 saturated carbocycles. The number of rotatable bonds is 6. The van der Waals surface area contributed by atoms with Gasteiger partial charge in [-0.3, -0.25) is 14.7 Å². The molecule has 2 amide bonds. The zero-order valence-corrected chi connectivity index (χ0v) is 17.0. The van der Waals surface area contributed by atoms with E-state index in [-0.39, 0.29) is 12.1 Å². The maximum absolute atomic E-state index is 12.7. The number of anilines is 1. The number of benzene rings is 1. The smallest absolute Gasteiger partial charge is 0.320 e. The van der Waals surface area contributed by atoms with Gasteiger partial charge in [0.1, 0.15) is 18.0 Å². The summed E-state index contributed by atoms with van der Waals surface area (Å²) in [5.41, 5.74) is 2.79. The van der Waals surface area contributed by atoms with Crippen LogP contribution >= 0.6 is 0 Å². The topological polar surface area (TPSA) is 89.7 Å². The molecule has 1 atom stereocenters. The molecule has 0 aliphatic heterocycles. The highest BCUT2D eigenvalue weighted by Gasteiger charge is 2.22. The lowest BCUT2D eigenvalue weighted by Gasteiger charge is -2.20. The van der Waals surface area contributed by atoms with Crippen LogP contribution < -0.4 is 10.6 Å². The van der Waals surface area contributed by atoms with E-state index < -0.39 is 0 Å². The van der Waals surface area contributed by atoms with Crippen molar-refractivity contribution in [1.29, 1.82) is 0 Å². The average Bonchev–Trinajstić information content (AvgIpc) is 3.20. The van der Waals surface area contributed by atoms with Gasteiger partial charge in [0.15, 0.2) is 0 Å². The Hall–Kier alpha value is -3.16. The van der Waals surface area contributed by atoms with Crippen molar-refractivity contribution < 1.29 is 4.79 Å². The third kappa shape index (κ3) is 4.21. The maximum atomic E-state index is 12.7. The van der Waals surface area contributed by atoms with Crippen molar-refractivity contribution in [1.82, 2.24) is 29.9 Å². The summed E-state index contributed by atoms with van der Waals surface area (Å²) < 4.78 is 3.38. The molecular formula is C20H27N7O. The Morgan fingerprint density at radius 2 is 1.86 bits per heavy atom. The fraction of sp³-hybridized carbons (Fsp3) is 0.400. The molecule has 0 bridgehead atoms. The van der Waals surface area contributed by atoms with Gasteiger partial charge >= 0.3 is 6.03 Å². The van der Waals surface area contributed by atoms with Crippen LogP contribution in [0.1, 0.15) is 37.7 Å². The first-order valence-electron chi connectivity index (χ1n) is 9.37. The summed E-state index contributed by atoms with van der Waals surface area (Å²) in [4.78, 5) is 17.0. The molecule has 1 aromatic carbocycles. The first-order chi connectivity index (χ1) is 13.4. The summed E-state index contributed by atoms with van der Waals surface area (Å²) >= 11 is 0. The second-order valence-corrected chi connectivity index (χ2v) is 7.33. The molecular weight excluding hydrogens is 354 g/mol. The number of aryl methyl sites for hydroxylation is 2. The van der Waals surface area contributed by atoms with Crippen LogP contribution in [0.15, 0.2) is 36.7 Å². The minimum absolute atomic E-state index is 0.227. The standard InChI is InChI=1S/C20H27N7O/c1-13(2)11-16(19-21-12-22-26(19)4)23-20(28)24-18-14(3)17(25-27(18)5)15-9-7-6-8-10-15/h6-10,12-13,16H,11H2,1-5H3,(H2,23,24,28)/t16-/m1/s1. The normalized spacial score (nSPS) is 12.2. The van der Waals surface area contributed by atoms with E-state index in [1.54, 1.807) is 9.36 Å². The van der Waals surface area contributed by atoms with Crippen molar-refractivity contribution in [3.8, 4) is 11.3 Å². The zero-order valence-electron chi connectivity index (χ0n) is 17.0. The predicted molar refractivity (Wildman–Crippen MR) is 109 cm³/mol. The molecule has 0 unspecified atom stereocenters. The molecule has 0 aliphatic carbocycles. The largest absolute Gasteiger partial charge is 0.328 e. The van der Waals surface area contributed by atoms with Crippen LogP contribution in [0.2, 0.25) is 0 Å². The second kappa shape index (κ2) is 8.24. The lowest BCUT2D eigenvalue weighted by molar-refractivity contribution is 0.245. The SMILES string of the molecule is Cc1c(-c2ccccc2)nn(C)c1NC(=O)N[C@H](CC(C)C)c1ncnn1C. The van der Waals surface area contributed by atoms with Gasteiger partial charge in [-0.05, 0) is 19.3 Å². The van der Waals surface area contributed by atoms with Gasteiger partial charge in [0.05, 0.1) is 11.7 Å². The molecule has 8 nitrogen and oxygen atoms in total. The summed E-state index contributed by atoms with van der Waals surface area (Å²) in [5.74, 6) is 1.79. The predicted octanol–water partition coefficient (Wildman–Crippen LogP) is 3.43. The highest BCUT2D eigenvalue weighted by Crippen LogP contribution is 2.27. The second-order valence-electron chi connectivity index (χ2n) is 7.33. The fourth-order valence-corrected chi connectivity index (χ4v) is 3.30. The average molecular weight is 381 g/mol. The molecule has 0 saturated heterocycles. The highest BCUT2D eigenvalue weighted by atomic mass is 16.2. The van der Waals surface area contributed by atoms with E-state index in [2.05, 4.69) is 39.7 Å². The molecule has 0 radical (unpaired) electrons. The Balaban J connectivity index is 1.79. The lowest BCUT2D eigenvalue weighted by Crippen LogP contribution is -2.35. The lowest BCUT2D eigenvalue weighted by atomic mass is 10.0. The Kier molecular flexibility index (Phi) is 5.77. The molecule has 3 aromatic rings. The quantitative estimate of drug-likeness (QED) is 0.684. The number of carbonyl (C=O) groups is 1. The van der Waals surface area contributed by atoms with Crippen LogP contribution in [0.3, 0.4) is 0 Å². The summed E-state index contributed by atoms with van der Waals surface area (Å²) in [6.07, 6.45) is 2.26. The molecule has 0 fully saturated rings. The molecule has 3 rings (SSSR count). The Morgan fingerprint density at radius 3 is 2.46 bits per heavy atom. The van der Waals surface area contributed by atoms with Crippen LogP contribution in [0.25, 0.3) is 11.3 Å². The summed E-state index contributed by atoms with van der Waals surface area (Å²) in [7, 11) is 3.65. The van der Waals surface area contributed by atoms with Gasteiger partial charge < -0.3 is 5.32 Å². The summed E-state index contributed by atoms with van der Waals surface area (Å²) in [6.45, 7) is 6.18. The van der Waals surface area contributed by atoms with Crippen molar-refractivity contribution in [3.63, 3.8) is 0 Å². The van der Waals surface area contributed by atoms with Gasteiger partial charge in [-0.2, -0.15) is 10.2 Å². The molecule has 8 heteroatoms. The van der Waals surface area contributed by atoms with E-state index >= 15 is 0 Å². The summed E-state index contributed by atoms with van der Waals surface area (Å²) in [6, 6.07) is 9.41. The van der Waals surface area contributed by atoms with E-state index in [0.717, 1.165) is 29.1 Å². The number of nitrogens with zero attached hydrogens (tertiary/aromatic N) is 5. The molecule has 2 N–H and O–H groups in total. The van der Waals surface area contributed by atoms with Crippen LogP contribution in [-0.2, 0) is 14.1 Å². The maximum Gasteiger partial charge on any atom is 0.320 e. The Morgan fingerprint density at radius 1 is 1.14 bits per heavy atom. The minimum Gasteiger partial charge on any atom is -0.328 e. The van der Waals surface area contributed by atoms with E-state index in [4.69, 9.17) is 0 Å². The first kappa shape index (κ1) is 19.6. The molecule has 2 heterocycles. The molecule has 2 aromatic heterocycles. The number of urea groups is 1. The van der Waals surface area contributed by atoms with Gasteiger partial charge in [-0.25, -0.2) is 9.78 Å². The van der Waals surface area contributed by atoms with E-state index in [1.165, 1.54) is 6.33 Å². The van der Waals surface area contributed by atoms with Crippen LogP contribution in [-0.4, -0.2) is 30.6 Å². The third-order valence-corrected chi connectivity index (χ3v) is 4.63. The van der Waals surface area contributed by atoms with E-state index in [9.17, 15) is 4.79 Å². The summed E-state index contributed by atoms with van der Waals surface area (Å²) in [5, 5.41) is 14.7. The van der Waals surface area contributed by atoms with Gasteiger partial charge in [0.2, 0.25) is 0 Å². The van der Waals surface area contributed by atoms with Crippen LogP contribution in [0, 0.1) is 12.8 Å². The number of amides is 2. The Bertz CT molecular complexity index is 943. The molecule has 148 valence electrons. The number of aromatic nitrogens is 5. The molecule has 0 aliphatic rings. The van der Waals surface area contributed by atoms with Crippen molar-refractivity contribution in [2.75, 3.05) is 5.32 Å². The van der Waals surface area contributed by atoms with Gasteiger partial charge in [0.25, 0.3) is 0 Å². The van der Waals surface area contributed by atoms with Crippen molar-refractivity contribution >= 4 is 11.8 Å². The number of carbonyl (C=O) groups excluding carboxylic acids is 1.